The molecule has 174 valence electrons. The van der Waals surface area contributed by atoms with E-state index in [1.165, 1.54) is 0 Å². The lowest BCUT2D eigenvalue weighted by Crippen LogP contribution is -2.37. The van der Waals surface area contributed by atoms with E-state index in [9.17, 15) is 4.79 Å². The maximum Gasteiger partial charge on any atom is 0.334 e. The summed E-state index contributed by atoms with van der Waals surface area (Å²) in [6.07, 6.45) is 12.3. The summed E-state index contributed by atoms with van der Waals surface area (Å²) in [5.74, 6) is 1.50. The van der Waals surface area contributed by atoms with Crippen molar-refractivity contribution in [1.82, 2.24) is 34.3 Å². The Morgan fingerprint density at radius 1 is 1.18 bits per heavy atom. The van der Waals surface area contributed by atoms with Gasteiger partial charge in [0.15, 0.2) is 5.82 Å². The number of imidazole rings is 1. The Hall–Kier alpha value is -4.01. The van der Waals surface area contributed by atoms with E-state index in [1.54, 1.807) is 4.57 Å². The van der Waals surface area contributed by atoms with E-state index in [1.807, 2.05) is 53.6 Å². The minimum absolute atomic E-state index is 0.0253. The van der Waals surface area contributed by atoms with Crippen molar-refractivity contribution in [3.05, 3.63) is 82.8 Å². The number of hydrogen-bond acceptors (Lipinski definition) is 5. The van der Waals surface area contributed by atoms with Crippen LogP contribution in [0.15, 0.2) is 70.9 Å². The maximum absolute atomic E-state index is 13.8. The zero-order chi connectivity index (χ0) is 23.5. The first kappa shape index (κ1) is 21.8. The summed E-state index contributed by atoms with van der Waals surface area (Å²) in [7, 11) is 0. The molecule has 0 saturated carbocycles. The third-order valence-electron chi connectivity index (χ3n) is 6.50. The zero-order valence-electron chi connectivity index (χ0n) is 19.4. The molecule has 4 aromatic rings. The SMILES string of the molecule is CCCc1cn(-c2cccn2CC)c(=O)n1CC1(c2cccc(-c3nnn[nH]3)c2)C=CN=CC1. The molecule has 4 heterocycles. The molecule has 0 bridgehead atoms. The van der Waals surface area contributed by atoms with Crippen LogP contribution in [-0.4, -0.2) is 40.5 Å². The van der Waals surface area contributed by atoms with Crippen molar-refractivity contribution < 1.29 is 0 Å². The molecule has 1 atom stereocenters. The van der Waals surface area contributed by atoms with Crippen LogP contribution < -0.4 is 5.69 Å². The fourth-order valence-electron chi connectivity index (χ4n) is 4.70. The summed E-state index contributed by atoms with van der Waals surface area (Å²) in [6, 6.07) is 12.1. The van der Waals surface area contributed by atoms with Crippen LogP contribution in [0.25, 0.3) is 17.2 Å². The van der Waals surface area contributed by atoms with Crippen molar-refractivity contribution in [3.8, 4) is 17.2 Å². The Morgan fingerprint density at radius 2 is 2.09 bits per heavy atom. The number of benzene rings is 1. The molecule has 1 aliphatic rings. The van der Waals surface area contributed by atoms with Crippen molar-refractivity contribution in [2.45, 2.75) is 51.6 Å². The number of hydrogen-bond donors (Lipinski definition) is 1. The van der Waals surface area contributed by atoms with Gasteiger partial charge in [-0.2, -0.15) is 0 Å². The smallest absolute Gasteiger partial charge is 0.334 e. The largest absolute Gasteiger partial charge is 0.334 e. The molecule has 0 spiro atoms. The third-order valence-corrected chi connectivity index (χ3v) is 6.50. The molecule has 0 amide bonds. The molecule has 0 aliphatic carbocycles. The van der Waals surface area contributed by atoms with E-state index < -0.39 is 5.41 Å². The van der Waals surface area contributed by atoms with Crippen molar-refractivity contribution in [3.63, 3.8) is 0 Å². The molecule has 34 heavy (non-hydrogen) atoms. The van der Waals surface area contributed by atoms with Crippen LogP contribution in [0, 0.1) is 0 Å². The Balaban J connectivity index is 1.61. The lowest BCUT2D eigenvalue weighted by Gasteiger charge is -2.32. The first-order valence-electron chi connectivity index (χ1n) is 11.7. The van der Waals surface area contributed by atoms with Crippen LogP contribution in [0.5, 0.6) is 0 Å². The summed E-state index contributed by atoms with van der Waals surface area (Å²) in [4.78, 5) is 18.1. The number of allylic oxidation sites excluding steroid dienone is 1. The molecule has 1 unspecified atom stereocenters. The molecule has 0 saturated heterocycles. The van der Waals surface area contributed by atoms with Gasteiger partial charge in [0.1, 0.15) is 5.82 Å². The summed E-state index contributed by atoms with van der Waals surface area (Å²) in [5.41, 5.74) is 2.57. The topological polar surface area (TPSA) is 98.7 Å². The number of aryl methyl sites for hydroxylation is 2. The van der Waals surface area contributed by atoms with Gasteiger partial charge in [-0.1, -0.05) is 37.6 Å². The van der Waals surface area contributed by atoms with Crippen LogP contribution in [0.4, 0.5) is 0 Å². The van der Waals surface area contributed by atoms with Gasteiger partial charge in [0.25, 0.3) is 0 Å². The number of tetrazole rings is 1. The van der Waals surface area contributed by atoms with Crippen molar-refractivity contribution in [2.24, 2.45) is 4.99 Å². The fourth-order valence-corrected chi connectivity index (χ4v) is 4.70. The second-order valence-electron chi connectivity index (χ2n) is 8.60. The van der Waals surface area contributed by atoms with Crippen molar-refractivity contribution >= 4 is 6.21 Å². The van der Waals surface area contributed by atoms with Crippen molar-refractivity contribution in [2.75, 3.05) is 0 Å². The Labute approximate surface area is 197 Å². The van der Waals surface area contributed by atoms with Gasteiger partial charge < -0.3 is 4.57 Å². The minimum Gasteiger partial charge on any atom is -0.334 e. The van der Waals surface area contributed by atoms with E-state index >= 15 is 0 Å². The molecule has 0 fully saturated rings. The van der Waals surface area contributed by atoms with Gasteiger partial charge >= 0.3 is 5.69 Å². The van der Waals surface area contributed by atoms with Crippen LogP contribution >= 0.6 is 0 Å². The highest BCUT2D eigenvalue weighted by molar-refractivity contribution is 5.65. The molecule has 0 radical (unpaired) electrons. The second-order valence-corrected chi connectivity index (χ2v) is 8.60. The fraction of sp³-hybridized carbons (Fsp3) is 0.320. The third kappa shape index (κ3) is 3.83. The molecule has 1 N–H and O–H groups in total. The highest BCUT2D eigenvalue weighted by atomic mass is 16.1. The number of nitrogens with zero attached hydrogens (tertiary/aromatic N) is 7. The summed E-state index contributed by atoms with van der Waals surface area (Å²) >= 11 is 0. The molecule has 9 nitrogen and oxygen atoms in total. The first-order chi connectivity index (χ1) is 16.6. The number of aromatic amines is 1. The minimum atomic E-state index is -0.420. The Bertz CT molecular complexity index is 1390. The van der Waals surface area contributed by atoms with E-state index in [-0.39, 0.29) is 5.69 Å². The number of nitrogens with one attached hydrogen (secondary N) is 1. The van der Waals surface area contributed by atoms with E-state index in [0.29, 0.717) is 18.8 Å². The zero-order valence-corrected chi connectivity index (χ0v) is 19.4. The number of aliphatic imine (C=N–C) groups is 1. The van der Waals surface area contributed by atoms with Crippen LogP contribution in [0.2, 0.25) is 0 Å². The predicted molar refractivity (Wildman–Crippen MR) is 131 cm³/mol. The van der Waals surface area contributed by atoms with Crippen molar-refractivity contribution in [1.29, 1.82) is 0 Å². The van der Waals surface area contributed by atoms with Gasteiger partial charge in [-0.25, -0.2) is 9.89 Å². The summed E-state index contributed by atoms with van der Waals surface area (Å²) in [5, 5.41) is 14.3. The molecule has 9 heteroatoms. The molecule has 1 aliphatic heterocycles. The van der Waals surface area contributed by atoms with E-state index in [0.717, 1.165) is 42.0 Å². The highest BCUT2D eigenvalue weighted by Crippen LogP contribution is 2.35. The lowest BCUT2D eigenvalue weighted by atomic mass is 9.76. The first-order valence-corrected chi connectivity index (χ1v) is 11.7. The highest BCUT2D eigenvalue weighted by Gasteiger charge is 2.33. The molecular formula is C25H28N8O. The average molecular weight is 457 g/mol. The lowest BCUT2D eigenvalue weighted by molar-refractivity contribution is 0.439. The van der Waals surface area contributed by atoms with Gasteiger partial charge in [0, 0.05) is 54.6 Å². The van der Waals surface area contributed by atoms with Gasteiger partial charge in [-0.3, -0.25) is 14.1 Å². The molecule has 3 aromatic heterocycles. The van der Waals surface area contributed by atoms with Crippen LogP contribution in [0.1, 0.15) is 37.9 Å². The van der Waals surface area contributed by atoms with Gasteiger partial charge in [-0.05, 0) is 54.0 Å². The van der Waals surface area contributed by atoms with Crippen LogP contribution in [0.3, 0.4) is 0 Å². The van der Waals surface area contributed by atoms with Gasteiger partial charge in [0.2, 0.25) is 0 Å². The quantitative estimate of drug-likeness (QED) is 0.439. The van der Waals surface area contributed by atoms with Gasteiger partial charge in [-0.15, -0.1) is 5.10 Å². The molecule has 5 rings (SSSR count). The number of rotatable bonds is 8. The Kier molecular flexibility index (Phi) is 5.83. The Morgan fingerprint density at radius 3 is 2.82 bits per heavy atom. The predicted octanol–water partition coefficient (Wildman–Crippen LogP) is 3.52. The molecule has 1 aromatic carbocycles. The summed E-state index contributed by atoms with van der Waals surface area (Å²) in [6.45, 7) is 5.53. The monoisotopic (exact) mass is 456 g/mol. The van der Waals surface area contributed by atoms with E-state index in [2.05, 4.69) is 62.2 Å². The average Bonchev–Trinajstić information content (AvgIpc) is 3.62. The normalized spacial score (nSPS) is 17.5. The van der Waals surface area contributed by atoms with Crippen LogP contribution in [-0.2, 0) is 24.9 Å². The van der Waals surface area contributed by atoms with Gasteiger partial charge in [0.05, 0.1) is 0 Å². The molecular weight excluding hydrogens is 428 g/mol. The summed E-state index contributed by atoms with van der Waals surface area (Å²) < 4.78 is 5.79. The van der Waals surface area contributed by atoms with E-state index in [4.69, 9.17) is 0 Å². The maximum atomic E-state index is 13.8. The second kappa shape index (κ2) is 9.09. The standard InChI is InChI=1S/C25H28N8O/c1-3-7-21-17-32(22-10-6-15-31(22)4-2)24(34)33(21)18-25(11-13-26-14-12-25)20-9-5-8-19(16-20)23-27-29-30-28-23/h5-6,8-11,13-17H,3-4,7,12,18H2,1-2H3,(H,27,28,29,30). The number of aromatic nitrogens is 7. The number of H-pyrrole nitrogens is 1.